The zero-order valence-corrected chi connectivity index (χ0v) is 11.3. The van der Waals surface area contributed by atoms with Crippen molar-refractivity contribution in [3.8, 4) is 0 Å². The summed E-state index contributed by atoms with van der Waals surface area (Å²) in [5.74, 6) is 0. The average Bonchev–Trinajstić information content (AvgIpc) is 2.46. The molecule has 2 rings (SSSR count). The summed E-state index contributed by atoms with van der Waals surface area (Å²) in [6.07, 6.45) is 4.30. The molecular weight excluding hydrogens is 252 g/mol. The zero-order chi connectivity index (χ0) is 14.8. The highest BCUT2D eigenvalue weighted by Gasteiger charge is 2.03. The third kappa shape index (κ3) is 3.99. The molecule has 0 aliphatic carbocycles. The van der Waals surface area contributed by atoms with Crippen molar-refractivity contribution in [2.75, 3.05) is 0 Å². The fourth-order valence-electron chi connectivity index (χ4n) is 2.05. The van der Waals surface area contributed by atoms with E-state index in [9.17, 15) is 0 Å². The van der Waals surface area contributed by atoms with Gasteiger partial charge in [0.2, 0.25) is 0 Å². The first-order valence-corrected chi connectivity index (χ1v) is 6.19. The number of carboxylic acid groups (broad SMARTS) is 1. The van der Waals surface area contributed by atoms with E-state index in [1.54, 1.807) is 0 Å². The Kier molecular flexibility index (Phi) is 6.62. The van der Waals surface area contributed by atoms with Crippen molar-refractivity contribution in [1.82, 2.24) is 0 Å². The molecule has 0 unspecified atom stereocenters. The van der Waals surface area contributed by atoms with E-state index in [2.05, 4.69) is 49.6 Å². The predicted molar refractivity (Wildman–Crippen MR) is 81.5 cm³/mol. The van der Waals surface area contributed by atoms with Crippen molar-refractivity contribution in [1.29, 1.82) is 0 Å². The monoisotopic (exact) mass is 270 g/mol. The van der Waals surface area contributed by atoms with Gasteiger partial charge in [0, 0.05) is 0 Å². The lowest BCUT2D eigenvalue weighted by atomic mass is 9.99. The van der Waals surface area contributed by atoms with Gasteiger partial charge in [-0.05, 0) is 28.3 Å². The molecule has 0 heterocycles. The maximum absolute atomic E-state index is 8.36. The van der Waals surface area contributed by atoms with Gasteiger partial charge in [0.1, 0.15) is 6.61 Å². The fourth-order valence-corrected chi connectivity index (χ4v) is 2.05. The van der Waals surface area contributed by atoms with Crippen LogP contribution in [0.3, 0.4) is 0 Å². The summed E-state index contributed by atoms with van der Waals surface area (Å²) in [5.41, 5.74) is 2.49. The minimum absolute atomic E-state index is 0.250. The van der Waals surface area contributed by atoms with E-state index in [0.29, 0.717) is 6.61 Å². The quantitative estimate of drug-likeness (QED) is 0.508. The van der Waals surface area contributed by atoms with Crippen molar-refractivity contribution in [3.05, 3.63) is 73.0 Å². The molecule has 0 fully saturated rings. The van der Waals surface area contributed by atoms with Gasteiger partial charge >= 0.3 is 0 Å². The van der Waals surface area contributed by atoms with Gasteiger partial charge < -0.3 is 9.84 Å². The number of hydrogen-bond acceptors (Lipinski definition) is 2. The lowest BCUT2D eigenvalue weighted by Crippen LogP contribution is -1.91. The highest BCUT2D eigenvalue weighted by atomic mass is 16.5. The molecule has 0 aliphatic rings. The topological polar surface area (TPSA) is 46.5 Å². The molecule has 0 spiro atoms. The number of benzene rings is 2. The fraction of sp³-hybridized carbons (Fsp3) is 0.118. The van der Waals surface area contributed by atoms with Crippen LogP contribution in [0.1, 0.15) is 11.1 Å². The summed E-state index contributed by atoms with van der Waals surface area (Å²) in [7, 11) is 0. The summed E-state index contributed by atoms with van der Waals surface area (Å²) in [5, 5.41) is 9.41. The first-order chi connectivity index (χ1) is 9.78. The summed E-state index contributed by atoms with van der Waals surface area (Å²) >= 11 is 0. The molecule has 0 bridgehead atoms. The summed E-state index contributed by atoms with van der Waals surface area (Å²) < 4.78 is 5.27. The maximum Gasteiger partial charge on any atom is 0.290 e. The number of fused-ring (bicyclic) bond motifs is 1. The van der Waals surface area contributed by atoms with Gasteiger partial charge in [0.15, 0.2) is 0 Å². The summed E-state index contributed by atoms with van der Waals surface area (Å²) in [6, 6.07) is 12.6. The molecule has 0 aliphatic heterocycles. The van der Waals surface area contributed by atoms with E-state index in [-0.39, 0.29) is 6.47 Å². The molecule has 104 valence electrons. The van der Waals surface area contributed by atoms with Gasteiger partial charge in [-0.15, -0.1) is 6.58 Å². The number of allylic oxidation sites excluding steroid dienone is 1. The van der Waals surface area contributed by atoms with Crippen LogP contribution in [0.25, 0.3) is 10.8 Å². The Labute approximate surface area is 118 Å². The van der Waals surface area contributed by atoms with E-state index in [1.165, 1.54) is 28.2 Å². The van der Waals surface area contributed by atoms with Crippen LogP contribution >= 0.6 is 0 Å². The Hall–Kier alpha value is -2.55. The second kappa shape index (κ2) is 8.53. The van der Waals surface area contributed by atoms with Crippen LogP contribution in [0.5, 0.6) is 0 Å². The molecule has 3 nitrogen and oxygen atoms in total. The molecule has 0 atom stereocenters. The van der Waals surface area contributed by atoms with Crippen LogP contribution in [-0.2, 0) is 22.6 Å². The second-order valence-electron chi connectivity index (χ2n) is 4.01. The SMILES string of the molecule is C=CCc1cccc2c(COC=C)cccc12.O=CO. The van der Waals surface area contributed by atoms with E-state index in [1.807, 2.05) is 6.08 Å². The third-order valence-electron chi connectivity index (χ3n) is 2.82. The third-order valence-corrected chi connectivity index (χ3v) is 2.82. The molecular formula is C17H18O3. The number of rotatable bonds is 5. The van der Waals surface area contributed by atoms with Gasteiger partial charge in [0.05, 0.1) is 6.26 Å². The Morgan fingerprint density at radius 1 is 1.05 bits per heavy atom. The molecule has 0 saturated carbocycles. The Morgan fingerprint density at radius 2 is 1.60 bits per heavy atom. The average molecular weight is 270 g/mol. The van der Waals surface area contributed by atoms with Crippen molar-refractivity contribution in [2.45, 2.75) is 13.0 Å². The van der Waals surface area contributed by atoms with Gasteiger partial charge in [-0.25, -0.2) is 0 Å². The van der Waals surface area contributed by atoms with Crippen molar-refractivity contribution >= 4 is 17.2 Å². The normalized spacial score (nSPS) is 9.20. The molecule has 0 saturated heterocycles. The van der Waals surface area contributed by atoms with Gasteiger partial charge in [0.25, 0.3) is 6.47 Å². The van der Waals surface area contributed by atoms with Crippen LogP contribution in [0.4, 0.5) is 0 Å². The standard InChI is InChI=1S/C16H16O.CH2O2/c1-3-7-13-8-5-11-16-14(12-17-4-2)9-6-10-15(13)16;2-1-3/h3-6,8-11H,1-2,7,12H2;1H,(H,2,3). The minimum atomic E-state index is -0.250. The first-order valence-electron chi connectivity index (χ1n) is 6.19. The van der Waals surface area contributed by atoms with Crippen LogP contribution in [0.15, 0.2) is 61.9 Å². The van der Waals surface area contributed by atoms with Crippen LogP contribution < -0.4 is 0 Å². The van der Waals surface area contributed by atoms with Gasteiger partial charge in [-0.1, -0.05) is 49.1 Å². The van der Waals surface area contributed by atoms with E-state index in [4.69, 9.17) is 14.6 Å². The van der Waals surface area contributed by atoms with Gasteiger partial charge in [-0.2, -0.15) is 0 Å². The minimum Gasteiger partial charge on any atom is -0.497 e. The zero-order valence-electron chi connectivity index (χ0n) is 11.3. The lowest BCUT2D eigenvalue weighted by molar-refractivity contribution is -0.122. The molecule has 0 aromatic heterocycles. The molecule has 2 aromatic carbocycles. The first kappa shape index (κ1) is 15.5. The lowest BCUT2D eigenvalue weighted by Gasteiger charge is -2.09. The van der Waals surface area contributed by atoms with Crippen LogP contribution in [-0.4, -0.2) is 11.6 Å². The highest BCUT2D eigenvalue weighted by molar-refractivity contribution is 5.88. The van der Waals surface area contributed by atoms with Gasteiger partial charge in [-0.3, -0.25) is 4.79 Å². The summed E-state index contributed by atoms with van der Waals surface area (Å²) in [4.78, 5) is 8.36. The molecule has 3 heteroatoms. The Bertz CT molecular complexity index is 588. The second-order valence-corrected chi connectivity index (χ2v) is 4.01. The Morgan fingerprint density at radius 3 is 2.15 bits per heavy atom. The van der Waals surface area contributed by atoms with Crippen LogP contribution in [0, 0.1) is 0 Å². The predicted octanol–water partition coefficient (Wildman–Crippen LogP) is 3.93. The van der Waals surface area contributed by atoms with E-state index in [0.717, 1.165) is 6.42 Å². The molecule has 20 heavy (non-hydrogen) atoms. The van der Waals surface area contributed by atoms with Crippen LogP contribution in [0.2, 0.25) is 0 Å². The maximum atomic E-state index is 8.36. The molecule has 0 amide bonds. The van der Waals surface area contributed by atoms with Crippen molar-refractivity contribution in [3.63, 3.8) is 0 Å². The highest BCUT2D eigenvalue weighted by Crippen LogP contribution is 2.23. The van der Waals surface area contributed by atoms with Crippen molar-refractivity contribution in [2.24, 2.45) is 0 Å². The number of hydrogen-bond donors (Lipinski definition) is 1. The van der Waals surface area contributed by atoms with Crippen molar-refractivity contribution < 1.29 is 14.6 Å². The number of ether oxygens (including phenoxy) is 1. The van der Waals surface area contributed by atoms with E-state index >= 15 is 0 Å². The number of carbonyl (C=O) groups is 1. The Balaban J connectivity index is 0.000000612. The summed E-state index contributed by atoms with van der Waals surface area (Å²) in [6.45, 7) is 7.68. The van der Waals surface area contributed by atoms with E-state index < -0.39 is 0 Å². The largest absolute Gasteiger partial charge is 0.497 e. The smallest absolute Gasteiger partial charge is 0.290 e. The molecule has 1 N–H and O–H groups in total. The molecule has 0 radical (unpaired) electrons. The molecule has 2 aromatic rings.